The van der Waals surface area contributed by atoms with Crippen LogP contribution in [0.15, 0.2) is 33.5 Å². The zero-order valence-electron chi connectivity index (χ0n) is 15.6. The molecule has 3 rings (SSSR count). The monoisotopic (exact) mass is 444 g/mol. The van der Waals surface area contributed by atoms with Gasteiger partial charge in [-0.15, -0.1) is 10.2 Å². The normalized spacial score (nSPS) is 19.8. The summed E-state index contributed by atoms with van der Waals surface area (Å²) in [6.07, 6.45) is 1.17. The van der Waals surface area contributed by atoms with Crippen molar-refractivity contribution in [1.82, 2.24) is 15.1 Å². The molecule has 1 N–H and O–H groups in total. The lowest BCUT2D eigenvalue weighted by Gasteiger charge is -2.34. The van der Waals surface area contributed by atoms with Crippen LogP contribution in [0.25, 0.3) is 0 Å². The van der Waals surface area contributed by atoms with E-state index in [2.05, 4.69) is 29.4 Å². The second-order valence-corrected chi connectivity index (χ2v) is 10.2. The van der Waals surface area contributed by atoms with Crippen molar-refractivity contribution in [3.63, 3.8) is 0 Å². The Hall–Kier alpha value is -1.39. The number of nitrogens with one attached hydrogen (secondary N) is 1. The first-order chi connectivity index (χ1) is 13.4. The SMILES string of the molecule is CC1CC(C)CN(C(=O)CSc2nnc(Nc3ccc(SC(F)F)cc3)s2)C1. The average Bonchev–Trinajstić information content (AvgIpc) is 3.07. The highest BCUT2D eigenvalue weighted by Crippen LogP contribution is 2.30. The second kappa shape index (κ2) is 9.89. The highest BCUT2D eigenvalue weighted by atomic mass is 32.2. The molecule has 0 saturated carbocycles. The van der Waals surface area contributed by atoms with Crippen molar-refractivity contribution in [2.75, 3.05) is 24.2 Å². The molecule has 2 aromatic rings. The minimum atomic E-state index is -2.43. The number of anilines is 2. The summed E-state index contributed by atoms with van der Waals surface area (Å²) in [6.45, 7) is 6.02. The summed E-state index contributed by atoms with van der Waals surface area (Å²) in [5.74, 6) is -0.852. The molecule has 1 aliphatic rings. The van der Waals surface area contributed by atoms with Crippen LogP contribution in [-0.2, 0) is 4.79 Å². The molecule has 0 aliphatic carbocycles. The fourth-order valence-corrected chi connectivity index (χ4v) is 5.42. The predicted octanol–water partition coefficient (Wildman–Crippen LogP) is 5.19. The number of aromatic nitrogens is 2. The lowest BCUT2D eigenvalue weighted by Crippen LogP contribution is -2.43. The molecule has 0 bridgehead atoms. The fourth-order valence-electron chi connectivity index (χ4n) is 3.24. The fraction of sp³-hybridized carbons (Fsp3) is 0.500. The molecule has 5 nitrogen and oxygen atoms in total. The van der Waals surface area contributed by atoms with Crippen molar-refractivity contribution in [2.24, 2.45) is 11.8 Å². The number of hydrogen-bond acceptors (Lipinski definition) is 7. The number of carbonyl (C=O) groups excluding carboxylic acids is 1. The van der Waals surface area contributed by atoms with Crippen molar-refractivity contribution in [2.45, 2.75) is 35.3 Å². The number of likely N-dealkylation sites (tertiary alicyclic amines) is 1. The zero-order chi connectivity index (χ0) is 20.1. The van der Waals surface area contributed by atoms with Crippen molar-refractivity contribution in [3.8, 4) is 0 Å². The van der Waals surface area contributed by atoms with Crippen LogP contribution < -0.4 is 5.32 Å². The summed E-state index contributed by atoms with van der Waals surface area (Å²) in [7, 11) is 0. The van der Waals surface area contributed by atoms with Gasteiger partial charge in [0.15, 0.2) is 4.34 Å². The molecule has 1 saturated heterocycles. The van der Waals surface area contributed by atoms with Gasteiger partial charge in [0.1, 0.15) is 0 Å². The molecule has 2 atom stereocenters. The average molecular weight is 445 g/mol. The minimum absolute atomic E-state index is 0.139. The van der Waals surface area contributed by atoms with E-state index in [0.717, 1.165) is 23.1 Å². The Kier molecular flexibility index (Phi) is 7.53. The van der Waals surface area contributed by atoms with Crippen LogP contribution in [0.3, 0.4) is 0 Å². The van der Waals surface area contributed by atoms with Gasteiger partial charge in [-0.1, -0.05) is 48.7 Å². The topological polar surface area (TPSA) is 58.1 Å². The van der Waals surface area contributed by atoms with E-state index in [1.54, 1.807) is 24.3 Å². The summed E-state index contributed by atoms with van der Waals surface area (Å²) in [5, 5.41) is 11.9. The Labute approximate surface area is 175 Å². The lowest BCUT2D eigenvalue weighted by molar-refractivity contribution is -0.130. The molecule has 1 aromatic carbocycles. The Morgan fingerprint density at radius 2 is 1.93 bits per heavy atom. The molecular weight excluding hydrogens is 422 g/mol. The van der Waals surface area contributed by atoms with Crippen LogP contribution in [0.4, 0.5) is 19.6 Å². The van der Waals surface area contributed by atoms with Gasteiger partial charge in [-0.2, -0.15) is 8.78 Å². The van der Waals surface area contributed by atoms with E-state index in [1.807, 2.05) is 4.90 Å². The third-order valence-corrected chi connectivity index (χ3v) is 6.96. The number of piperidine rings is 1. The van der Waals surface area contributed by atoms with Crippen LogP contribution in [0, 0.1) is 11.8 Å². The van der Waals surface area contributed by atoms with E-state index in [0.29, 0.717) is 39.4 Å². The number of thioether (sulfide) groups is 2. The van der Waals surface area contributed by atoms with E-state index in [4.69, 9.17) is 0 Å². The Morgan fingerprint density at radius 3 is 2.57 bits per heavy atom. The molecule has 1 amide bonds. The van der Waals surface area contributed by atoms with Gasteiger partial charge in [0.05, 0.1) is 5.75 Å². The molecule has 0 radical (unpaired) electrons. The molecule has 2 unspecified atom stereocenters. The maximum absolute atomic E-state index is 12.5. The van der Waals surface area contributed by atoms with E-state index in [9.17, 15) is 13.6 Å². The molecule has 2 heterocycles. The zero-order valence-corrected chi connectivity index (χ0v) is 18.0. The Morgan fingerprint density at radius 1 is 1.25 bits per heavy atom. The van der Waals surface area contributed by atoms with Gasteiger partial charge in [-0.05, 0) is 42.5 Å². The lowest BCUT2D eigenvalue weighted by atomic mass is 9.92. The van der Waals surface area contributed by atoms with Gasteiger partial charge in [-0.25, -0.2) is 0 Å². The quantitative estimate of drug-likeness (QED) is 0.593. The van der Waals surface area contributed by atoms with Crippen molar-refractivity contribution < 1.29 is 13.6 Å². The standard InChI is InChI=1S/C18H22F2N4OS3/c1-11-7-12(2)9-24(8-11)15(25)10-26-18-23-22-17(28-18)21-13-3-5-14(6-4-13)27-16(19)20/h3-6,11-12,16H,7-10H2,1-2H3,(H,21,22). The van der Waals surface area contributed by atoms with E-state index in [1.165, 1.54) is 29.5 Å². The number of halogens is 2. The number of hydrogen-bond donors (Lipinski definition) is 1. The first-order valence-corrected chi connectivity index (χ1v) is 11.6. The highest BCUT2D eigenvalue weighted by molar-refractivity contribution is 8.01. The molecule has 28 heavy (non-hydrogen) atoms. The van der Waals surface area contributed by atoms with E-state index < -0.39 is 5.76 Å². The highest BCUT2D eigenvalue weighted by Gasteiger charge is 2.25. The maximum atomic E-state index is 12.5. The maximum Gasteiger partial charge on any atom is 0.288 e. The molecule has 152 valence electrons. The third kappa shape index (κ3) is 6.31. The van der Waals surface area contributed by atoms with Crippen LogP contribution >= 0.6 is 34.9 Å². The van der Waals surface area contributed by atoms with Gasteiger partial charge in [0.2, 0.25) is 11.0 Å². The van der Waals surface area contributed by atoms with Gasteiger partial charge in [-0.3, -0.25) is 4.79 Å². The van der Waals surface area contributed by atoms with Crippen molar-refractivity contribution in [3.05, 3.63) is 24.3 Å². The largest absolute Gasteiger partial charge is 0.341 e. The molecular formula is C18H22F2N4OS3. The summed E-state index contributed by atoms with van der Waals surface area (Å²) >= 11 is 3.27. The summed E-state index contributed by atoms with van der Waals surface area (Å²) in [6, 6.07) is 6.71. The number of amides is 1. The summed E-state index contributed by atoms with van der Waals surface area (Å²) in [4.78, 5) is 14.9. The smallest absolute Gasteiger partial charge is 0.288 e. The number of carbonyl (C=O) groups is 1. The minimum Gasteiger partial charge on any atom is -0.341 e. The van der Waals surface area contributed by atoms with Crippen molar-refractivity contribution in [1.29, 1.82) is 0 Å². The molecule has 1 aliphatic heterocycles. The first-order valence-electron chi connectivity index (χ1n) is 8.95. The van der Waals surface area contributed by atoms with E-state index in [-0.39, 0.29) is 5.91 Å². The number of alkyl halides is 2. The molecule has 1 aromatic heterocycles. The van der Waals surface area contributed by atoms with Crippen LogP contribution in [-0.4, -0.2) is 45.6 Å². The van der Waals surface area contributed by atoms with Crippen molar-refractivity contribution >= 4 is 51.6 Å². The van der Waals surface area contributed by atoms with Gasteiger partial charge < -0.3 is 10.2 Å². The number of nitrogens with zero attached hydrogens (tertiary/aromatic N) is 3. The van der Waals surface area contributed by atoms with E-state index >= 15 is 0 Å². The summed E-state index contributed by atoms with van der Waals surface area (Å²) < 4.78 is 25.4. The molecule has 1 fully saturated rings. The van der Waals surface area contributed by atoms with Crippen LogP contribution in [0.1, 0.15) is 20.3 Å². The Bertz CT molecular complexity index is 777. The Balaban J connectivity index is 1.49. The molecule has 0 spiro atoms. The first kappa shape index (κ1) is 21.3. The van der Waals surface area contributed by atoms with Gasteiger partial charge in [0, 0.05) is 23.7 Å². The van der Waals surface area contributed by atoms with Crippen LogP contribution in [0.5, 0.6) is 0 Å². The second-order valence-electron chi connectivity index (χ2n) is 6.93. The van der Waals surface area contributed by atoms with Crippen LogP contribution in [0.2, 0.25) is 0 Å². The van der Waals surface area contributed by atoms with Gasteiger partial charge >= 0.3 is 0 Å². The predicted molar refractivity (Wildman–Crippen MR) is 112 cm³/mol. The van der Waals surface area contributed by atoms with Gasteiger partial charge in [0.25, 0.3) is 5.76 Å². The molecule has 10 heteroatoms. The number of benzene rings is 1. The summed E-state index contributed by atoms with van der Waals surface area (Å²) in [5.41, 5.74) is 0.749. The third-order valence-electron chi connectivity index (χ3n) is 4.28. The number of rotatable bonds is 7.